The molecule has 3 N–H and O–H groups in total. The van der Waals surface area contributed by atoms with Crippen molar-refractivity contribution in [3.8, 4) is 22.6 Å². The number of rotatable bonds is 10. The van der Waals surface area contributed by atoms with Crippen LogP contribution in [-0.2, 0) is 12.0 Å². The highest BCUT2D eigenvalue weighted by atomic mass is 35.5. The van der Waals surface area contributed by atoms with E-state index in [2.05, 4.69) is 0 Å². The summed E-state index contributed by atoms with van der Waals surface area (Å²) in [6.07, 6.45) is 2.94. The van der Waals surface area contributed by atoms with Crippen molar-refractivity contribution in [2.75, 3.05) is 19.8 Å². The Labute approximate surface area is 207 Å². The van der Waals surface area contributed by atoms with Gasteiger partial charge in [0, 0.05) is 34.7 Å². The quantitative estimate of drug-likeness (QED) is 0.286. The summed E-state index contributed by atoms with van der Waals surface area (Å²) in [5.74, 6) is -1.58. The molecule has 184 valence electrons. The summed E-state index contributed by atoms with van der Waals surface area (Å²) in [5, 5.41) is 8.76. The minimum absolute atomic E-state index is 0.00566. The lowest BCUT2D eigenvalue weighted by Gasteiger charge is -2.29. The first-order chi connectivity index (χ1) is 17.0. The number of unbranched alkanes of at least 4 members (excludes halogenated alkanes) is 1. The van der Waals surface area contributed by atoms with Gasteiger partial charge in [0.1, 0.15) is 23.8 Å². The fourth-order valence-electron chi connectivity index (χ4n) is 4.63. The Balaban J connectivity index is 1.90. The molecule has 0 spiro atoms. The van der Waals surface area contributed by atoms with E-state index >= 15 is 8.78 Å². The SMILES string of the molecule is NCCCCC1(c2ccccc2)Cc2c(cc(F)c(Cl)c2-c2c(C=O)ccc(OCCO)c2F)O1. The number of carbonyl (C=O) groups is 1. The molecule has 0 amide bonds. The van der Waals surface area contributed by atoms with E-state index in [1.807, 2.05) is 30.3 Å². The van der Waals surface area contributed by atoms with Gasteiger partial charge in [-0.2, -0.15) is 0 Å². The minimum atomic E-state index is -0.863. The Morgan fingerprint density at radius 2 is 1.91 bits per heavy atom. The van der Waals surface area contributed by atoms with Gasteiger partial charge in [0.2, 0.25) is 0 Å². The summed E-state index contributed by atoms with van der Waals surface area (Å²) >= 11 is 6.42. The lowest BCUT2D eigenvalue weighted by molar-refractivity contribution is 0.0793. The third-order valence-electron chi connectivity index (χ3n) is 6.25. The highest BCUT2D eigenvalue weighted by molar-refractivity contribution is 6.34. The number of aliphatic hydroxyl groups is 1. The van der Waals surface area contributed by atoms with Crippen LogP contribution in [-0.4, -0.2) is 31.2 Å². The molecule has 1 unspecified atom stereocenters. The number of aliphatic hydroxyl groups excluding tert-OH is 1. The van der Waals surface area contributed by atoms with Crippen molar-refractivity contribution in [1.29, 1.82) is 0 Å². The molecule has 0 bridgehead atoms. The van der Waals surface area contributed by atoms with Crippen molar-refractivity contribution in [2.24, 2.45) is 5.73 Å². The van der Waals surface area contributed by atoms with Gasteiger partial charge in [-0.05, 0) is 43.5 Å². The molecule has 0 fully saturated rings. The number of aldehydes is 1. The average Bonchev–Trinajstić information content (AvgIpc) is 3.24. The van der Waals surface area contributed by atoms with Crippen molar-refractivity contribution in [3.63, 3.8) is 0 Å². The van der Waals surface area contributed by atoms with Gasteiger partial charge in [-0.3, -0.25) is 4.79 Å². The maximum absolute atomic E-state index is 15.7. The number of fused-ring (bicyclic) bond motifs is 1. The van der Waals surface area contributed by atoms with E-state index in [0.29, 0.717) is 31.2 Å². The standard InChI is InChI=1S/C27H26ClF2NO4/c28-25-20(29)14-22-19(15-27(35-22,10-4-5-11-31)18-6-2-1-3-7-18)24(25)23-17(16-33)8-9-21(26(23)30)34-13-12-32/h1-3,6-9,14,16,32H,4-5,10-13,15,31H2. The van der Waals surface area contributed by atoms with Crippen LogP contribution in [0.4, 0.5) is 8.78 Å². The van der Waals surface area contributed by atoms with Gasteiger partial charge in [0.05, 0.1) is 11.6 Å². The van der Waals surface area contributed by atoms with Crippen LogP contribution < -0.4 is 15.2 Å². The molecule has 0 saturated heterocycles. The van der Waals surface area contributed by atoms with Gasteiger partial charge in [-0.1, -0.05) is 41.9 Å². The summed E-state index contributed by atoms with van der Waals surface area (Å²) in [6.45, 7) is 0.0573. The monoisotopic (exact) mass is 501 g/mol. The second-order valence-corrected chi connectivity index (χ2v) is 8.82. The number of benzene rings is 3. The predicted molar refractivity (Wildman–Crippen MR) is 130 cm³/mol. The first kappa shape index (κ1) is 25.1. The molecule has 3 aromatic carbocycles. The van der Waals surface area contributed by atoms with Crippen LogP contribution in [0.2, 0.25) is 5.02 Å². The predicted octanol–water partition coefficient (Wildman–Crippen LogP) is 5.43. The first-order valence-corrected chi connectivity index (χ1v) is 11.8. The Bertz CT molecular complexity index is 1220. The van der Waals surface area contributed by atoms with E-state index in [1.165, 1.54) is 18.2 Å². The van der Waals surface area contributed by atoms with Crippen LogP contribution in [0.3, 0.4) is 0 Å². The largest absolute Gasteiger partial charge is 0.488 e. The number of hydrogen-bond acceptors (Lipinski definition) is 5. The molecule has 3 aromatic rings. The molecule has 35 heavy (non-hydrogen) atoms. The number of ether oxygens (including phenoxy) is 2. The fraction of sp³-hybridized carbons (Fsp3) is 0.296. The van der Waals surface area contributed by atoms with Crippen molar-refractivity contribution in [2.45, 2.75) is 31.3 Å². The fourth-order valence-corrected chi connectivity index (χ4v) is 4.90. The molecule has 1 heterocycles. The first-order valence-electron chi connectivity index (χ1n) is 11.4. The normalized spacial score (nSPS) is 16.6. The molecule has 1 aliphatic heterocycles. The molecule has 1 aliphatic rings. The zero-order valence-corrected chi connectivity index (χ0v) is 19.8. The summed E-state index contributed by atoms with van der Waals surface area (Å²) < 4.78 is 42.4. The van der Waals surface area contributed by atoms with E-state index in [1.54, 1.807) is 0 Å². The molecule has 0 aliphatic carbocycles. The molecule has 8 heteroatoms. The lowest BCUT2D eigenvalue weighted by atomic mass is 9.82. The van der Waals surface area contributed by atoms with Crippen LogP contribution in [0.5, 0.6) is 11.5 Å². The highest BCUT2D eigenvalue weighted by Gasteiger charge is 2.43. The molecular formula is C27H26ClF2NO4. The Morgan fingerprint density at radius 3 is 2.60 bits per heavy atom. The van der Waals surface area contributed by atoms with Gasteiger partial charge in [-0.15, -0.1) is 0 Å². The Hall–Kier alpha value is -3.00. The maximum atomic E-state index is 15.7. The van der Waals surface area contributed by atoms with Crippen molar-refractivity contribution in [1.82, 2.24) is 0 Å². The highest BCUT2D eigenvalue weighted by Crippen LogP contribution is 2.51. The van der Waals surface area contributed by atoms with Gasteiger partial charge in [-0.25, -0.2) is 8.78 Å². The third kappa shape index (κ3) is 4.76. The van der Waals surface area contributed by atoms with Crippen LogP contribution in [0.1, 0.15) is 40.7 Å². The number of hydrogen-bond donors (Lipinski definition) is 2. The summed E-state index contributed by atoms with van der Waals surface area (Å²) in [4.78, 5) is 11.9. The second kappa shape index (κ2) is 10.7. The average molecular weight is 502 g/mol. The summed E-state index contributed by atoms with van der Waals surface area (Å²) in [5.41, 5.74) is 6.18. The van der Waals surface area contributed by atoms with Gasteiger partial charge < -0.3 is 20.3 Å². The van der Waals surface area contributed by atoms with E-state index in [4.69, 9.17) is 31.9 Å². The van der Waals surface area contributed by atoms with E-state index in [-0.39, 0.29) is 46.4 Å². The third-order valence-corrected chi connectivity index (χ3v) is 6.62. The van der Waals surface area contributed by atoms with Crippen molar-refractivity contribution >= 4 is 17.9 Å². The molecule has 5 nitrogen and oxygen atoms in total. The number of nitrogens with two attached hydrogens (primary N) is 1. The van der Waals surface area contributed by atoms with Gasteiger partial charge >= 0.3 is 0 Å². The molecule has 4 rings (SSSR count). The van der Waals surface area contributed by atoms with Crippen LogP contribution in [0, 0.1) is 11.6 Å². The van der Waals surface area contributed by atoms with E-state index < -0.39 is 17.2 Å². The maximum Gasteiger partial charge on any atom is 0.173 e. The molecule has 0 radical (unpaired) electrons. The summed E-state index contributed by atoms with van der Waals surface area (Å²) in [6, 6.07) is 13.4. The topological polar surface area (TPSA) is 81.8 Å². The Kier molecular flexibility index (Phi) is 7.69. The van der Waals surface area contributed by atoms with E-state index in [9.17, 15) is 4.79 Å². The van der Waals surface area contributed by atoms with Crippen molar-refractivity contribution < 1.29 is 28.2 Å². The molecular weight excluding hydrogens is 476 g/mol. The van der Waals surface area contributed by atoms with E-state index in [0.717, 1.165) is 18.4 Å². The lowest BCUT2D eigenvalue weighted by Crippen LogP contribution is -2.31. The van der Waals surface area contributed by atoms with Crippen molar-refractivity contribution in [3.05, 3.63) is 81.9 Å². The van der Waals surface area contributed by atoms with Crippen LogP contribution >= 0.6 is 11.6 Å². The second-order valence-electron chi connectivity index (χ2n) is 8.44. The zero-order chi connectivity index (χ0) is 25.0. The Morgan fingerprint density at radius 1 is 1.14 bits per heavy atom. The van der Waals surface area contributed by atoms with Gasteiger partial charge in [0.25, 0.3) is 0 Å². The van der Waals surface area contributed by atoms with Gasteiger partial charge in [0.15, 0.2) is 17.9 Å². The smallest absolute Gasteiger partial charge is 0.173 e. The summed E-state index contributed by atoms with van der Waals surface area (Å²) in [7, 11) is 0. The molecule has 0 saturated carbocycles. The molecule has 1 atom stereocenters. The van der Waals surface area contributed by atoms with Crippen LogP contribution in [0.15, 0.2) is 48.5 Å². The number of halogens is 3. The zero-order valence-electron chi connectivity index (χ0n) is 19.0. The molecule has 0 aromatic heterocycles. The number of carbonyl (C=O) groups excluding carboxylic acids is 1. The minimum Gasteiger partial charge on any atom is -0.488 e. The van der Waals surface area contributed by atoms with Crippen LogP contribution in [0.25, 0.3) is 11.1 Å².